The SMILES string of the molecule is Cn1c(-c2ccnc(NCC(F)(F)F)n2)cc2cnc(N[C@@H]3CCCOC3)cc21. The largest absolute Gasteiger partial charge is 0.405 e. The fourth-order valence-corrected chi connectivity index (χ4v) is 3.39. The number of halogens is 3. The minimum atomic E-state index is -4.34. The Bertz CT molecular complexity index is 997. The van der Waals surface area contributed by atoms with E-state index in [9.17, 15) is 13.2 Å². The van der Waals surface area contributed by atoms with Gasteiger partial charge in [0.25, 0.3) is 0 Å². The van der Waals surface area contributed by atoms with E-state index in [1.54, 1.807) is 12.3 Å². The first-order valence-electron chi connectivity index (χ1n) is 9.33. The fraction of sp³-hybridized carbons (Fsp3) is 0.421. The summed E-state index contributed by atoms with van der Waals surface area (Å²) in [4.78, 5) is 12.6. The van der Waals surface area contributed by atoms with Gasteiger partial charge in [-0.1, -0.05) is 0 Å². The fourth-order valence-electron chi connectivity index (χ4n) is 3.39. The summed E-state index contributed by atoms with van der Waals surface area (Å²) in [6, 6.07) is 5.76. The number of nitrogens with one attached hydrogen (secondary N) is 2. The third-order valence-electron chi connectivity index (χ3n) is 4.80. The normalized spacial score (nSPS) is 17.4. The molecule has 1 saturated heterocycles. The van der Waals surface area contributed by atoms with Crippen LogP contribution in [-0.2, 0) is 11.8 Å². The molecular weight excluding hydrogens is 385 g/mol. The number of aromatic nitrogens is 4. The molecule has 0 amide bonds. The van der Waals surface area contributed by atoms with Gasteiger partial charge in [-0.2, -0.15) is 13.2 Å². The van der Waals surface area contributed by atoms with Crippen molar-refractivity contribution < 1.29 is 17.9 Å². The lowest BCUT2D eigenvalue weighted by Gasteiger charge is -2.23. The van der Waals surface area contributed by atoms with Crippen LogP contribution in [0.15, 0.2) is 30.6 Å². The van der Waals surface area contributed by atoms with E-state index >= 15 is 0 Å². The number of hydrogen-bond donors (Lipinski definition) is 2. The Morgan fingerprint density at radius 2 is 2.14 bits per heavy atom. The number of hydrogen-bond acceptors (Lipinski definition) is 6. The predicted molar refractivity (Wildman–Crippen MR) is 104 cm³/mol. The lowest BCUT2D eigenvalue weighted by molar-refractivity contribution is -0.115. The number of fused-ring (bicyclic) bond motifs is 1. The van der Waals surface area contributed by atoms with Crippen LogP contribution in [0.5, 0.6) is 0 Å². The van der Waals surface area contributed by atoms with Crippen molar-refractivity contribution in [2.45, 2.75) is 25.1 Å². The Hall–Kier alpha value is -2.88. The van der Waals surface area contributed by atoms with Crippen molar-refractivity contribution in [1.29, 1.82) is 0 Å². The third-order valence-corrected chi connectivity index (χ3v) is 4.80. The molecule has 7 nitrogen and oxygen atoms in total. The number of aryl methyl sites for hydroxylation is 1. The van der Waals surface area contributed by atoms with Crippen LogP contribution >= 0.6 is 0 Å². The molecule has 154 valence electrons. The Morgan fingerprint density at radius 3 is 2.90 bits per heavy atom. The van der Waals surface area contributed by atoms with Gasteiger partial charge in [0.2, 0.25) is 5.95 Å². The van der Waals surface area contributed by atoms with Gasteiger partial charge in [0.15, 0.2) is 0 Å². The first kappa shape index (κ1) is 19.4. The Morgan fingerprint density at radius 1 is 1.28 bits per heavy atom. The van der Waals surface area contributed by atoms with Crippen LogP contribution in [-0.4, -0.2) is 51.5 Å². The van der Waals surface area contributed by atoms with Crippen molar-refractivity contribution in [1.82, 2.24) is 19.5 Å². The van der Waals surface area contributed by atoms with Crippen LogP contribution in [0.25, 0.3) is 22.3 Å². The molecule has 1 atom stereocenters. The molecule has 1 aliphatic rings. The van der Waals surface area contributed by atoms with Gasteiger partial charge < -0.3 is 19.9 Å². The average Bonchev–Trinajstić information content (AvgIpc) is 3.03. The second-order valence-electron chi connectivity index (χ2n) is 7.01. The van der Waals surface area contributed by atoms with Gasteiger partial charge in [0, 0.05) is 37.5 Å². The van der Waals surface area contributed by atoms with E-state index < -0.39 is 12.7 Å². The Labute approximate surface area is 165 Å². The molecule has 0 unspecified atom stereocenters. The zero-order valence-electron chi connectivity index (χ0n) is 15.8. The van der Waals surface area contributed by atoms with Crippen LogP contribution < -0.4 is 10.6 Å². The smallest absolute Gasteiger partial charge is 0.379 e. The third kappa shape index (κ3) is 4.58. The van der Waals surface area contributed by atoms with Crippen molar-refractivity contribution in [2.24, 2.45) is 7.05 Å². The van der Waals surface area contributed by atoms with Crippen molar-refractivity contribution in [3.8, 4) is 11.4 Å². The zero-order chi connectivity index (χ0) is 20.4. The van der Waals surface area contributed by atoms with Gasteiger partial charge in [-0.3, -0.25) is 0 Å². The summed E-state index contributed by atoms with van der Waals surface area (Å²) < 4.78 is 44.7. The highest BCUT2D eigenvalue weighted by Crippen LogP contribution is 2.28. The summed E-state index contributed by atoms with van der Waals surface area (Å²) in [5.41, 5.74) is 2.23. The predicted octanol–water partition coefficient (Wildman–Crippen LogP) is 3.60. The Kier molecular flexibility index (Phi) is 5.27. The van der Waals surface area contributed by atoms with Crippen LogP contribution in [0.2, 0.25) is 0 Å². The molecule has 4 heterocycles. The minimum Gasteiger partial charge on any atom is -0.379 e. The number of rotatable bonds is 5. The van der Waals surface area contributed by atoms with Gasteiger partial charge in [0.1, 0.15) is 12.4 Å². The minimum absolute atomic E-state index is 0.0668. The van der Waals surface area contributed by atoms with Crippen LogP contribution in [0.3, 0.4) is 0 Å². The van der Waals surface area contributed by atoms with E-state index in [0.717, 1.165) is 41.9 Å². The molecule has 0 radical (unpaired) electrons. The molecule has 10 heteroatoms. The highest BCUT2D eigenvalue weighted by Gasteiger charge is 2.27. The molecule has 1 fully saturated rings. The van der Waals surface area contributed by atoms with E-state index in [4.69, 9.17) is 4.74 Å². The van der Waals surface area contributed by atoms with Crippen LogP contribution in [0, 0.1) is 0 Å². The average molecular weight is 406 g/mol. The van der Waals surface area contributed by atoms with E-state index in [1.165, 1.54) is 6.20 Å². The maximum atomic E-state index is 12.4. The van der Waals surface area contributed by atoms with Crippen molar-refractivity contribution in [3.63, 3.8) is 0 Å². The van der Waals surface area contributed by atoms with E-state index in [0.29, 0.717) is 12.3 Å². The van der Waals surface area contributed by atoms with Gasteiger partial charge in [-0.05, 0) is 25.0 Å². The van der Waals surface area contributed by atoms with Crippen molar-refractivity contribution >= 4 is 22.7 Å². The first-order chi connectivity index (χ1) is 13.9. The number of ether oxygens (including phenoxy) is 1. The molecular formula is C19H21F3N6O. The summed E-state index contributed by atoms with van der Waals surface area (Å²) in [6.45, 7) is 0.271. The maximum Gasteiger partial charge on any atom is 0.405 e. The maximum absolute atomic E-state index is 12.4. The first-order valence-corrected chi connectivity index (χ1v) is 9.33. The quantitative estimate of drug-likeness (QED) is 0.674. The summed E-state index contributed by atoms with van der Waals surface area (Å²) in [5, 5.41) is 6.52. The molecule has 3 aromatic heterocycles. The lowest BCUT2D eigenvalue weighted by atomic mass is 10.1. The number of alkyl halides is 3. The van der Waals surface area contributed by atoms with Gasteiger partial charge in [-0.25, -0.2) is 15.0 Å². The topological polar surface area (TPSA) is 76.9 Å². The molecule has 3 aromatic rings. The van der Waals surface area contributed by atoms with Gasteiger partial charge >= 0.3 is 6.18 Å². The summed E-state index contributed by atoms with van der Waals surface area (Å²) in [7, 11) is 1.89. The molecule has 0 aliphatic carbocycles. The summed E-state index contributed by atoms with van der Waals surface area (Å²) in [5.74, 6) is 0.693. The molecule has 29 heavy (non-hydrogen) atoms. The van der Waals surface area contributed by atoms with Gasteiger partial charge in [-0.15, -0.1) is 0 Å². The second kappa shape index (κ2) is 7.86. The number of pyridine rings is 1. The molecule has 0 bridgehead atoms. The number of nitrogens with zero attached hydrogens (tertiary/aromatic N) is 4. The summed E-state index contributed by atoms with van der Waals surface area (Å²) >= 11 is 0. The number of anilines is 2. The highest BCUT2D eigenvalue weighted by atomic mass is 19.4. The molecule has 0 saturated carbocycles. The van der Waals surface area contributed by atoms with Crippen molar-refractivity contribution in [3.05, 3.63) is 30.6 Å². The second-order valence-corrected chi connectivity index (χ2v) is 7.01. The van der Waals surface area contributed by atoms with E-state index in [2.05, 4.69) is 25.6 Å². The summed E-state index contributed by atoms with van der Waals surface area (Å²) in [6.07, 6.45) is 0.929. The van der Waals surface area contributed by atoms with Crippen LogP contribution in [0.1, 0.15) is 12.8 Å². The standard InChI is InChI=1S/C19H21F3N6O/c1-28-15-8-17(26-13-3-2-6-29-10-13)24-9-12(15)7-16(28)14-4-5-23-18(27-14)25-11-19(20,21)22/h4-5,7-9,13H,2-3,6,10-11H2,1H3,(H,24,26)(H,23,25,27)/t13-/m1/s1. The molecule has 2 N–H and O–H groups in total. The van der Waals surface area contributed by atoms with Gasteiger partial charge in [0.05, 0.1) is 29.6 Å². The molecule has 0 spiro atoms. The Balaban J connectivity index is 1.59. The molecule has 4 rings (SSSR count). The molecule has 0 aromatic carbocycles. The zero-order valence-corrected chi connectivity index (χ0v) is 15.8. The van der Waals surface area contributed by atoms with Crippen molar-refractivity contribution in [2.75, 3.05) is 30.4 Å². The van der Waals surface area contributed by atoms with Crippen LogP contribution in [0.4, 0.5) is 24.9 Å². The lowest BCUT2D eigenvalue weighted by Crippen LogP contribution is -2.30. The highest BCUT2D eigenvalue weighted by molar-refractivity contribution is 5.87. The molecule has 1 aliphatic heterocycles. The van der Waals surface area contributed by atoms with E-state index in [1.807, 2.05) is 23.7 Å². The van der Waals surface area contributed by atoms with E-state index in [-0.39, 0.29) is 12.0 Å². The monoisotopic (exact) mass is 406 g/mol.